The summed E-state index contributed by atoms with van der Waals surface area (Å²) in [5.41, 5.74) is 4.91. The van der Waals surface area contributed by atoms with Crippen LogP contribution < -0.4 is 10.6 Å². The van der Waals surface area contributed by atoms with E-state index in [0.29, 0.717) is 55.1 Å². The summed E-state index contributed by atoms with van der Waals surface area (Å²) in [6.07, 6.45) is 5.24. The first-order chi connectivity index (χ1) is 30.3. The van der Waals surface area contributed by atoms with E-state index in [1.807, 2.05) is 59.5 Å². The maximum atomic E-state index is 13.3. The zero-order valence-corrected chi connectivity index (χ0v) is 33.6. The molecule has 0 radical (unpaired) electrons. The van der Waals surface area contributed by atoms with Gasteiger partial charge in [-0.2, -0.15) is 0 Å². The number of anilines is 2. The second-order valence-corrected chi connectivity index (χ2v) is 13.2. The lowest BCUT2D eigenvalue weighted by Crippen LogP contribution is -2.24. The minimum absolute atomic E-state index is 0.111. The number of halogens is 3. The second kappa shape index (κ2) is 24.8. The van der Waals surface area contributed by atoms with E-state index in [9.17, 15) is 27.6 Å². The van der Waals surface area contributed by atoms with Crippen molar-refractivity contribution in [3.05, 3.63) is 185 Å². The fraction of sp³-hybridized carbons (Fsp3) is 0.160. The van der Waals surface area contributed by atoms with Crippen LogP contribution in [-0.4, -0.2) is 44.1 Å². The highest BCUT2D eigenvalue weighted by atomic mass is 19.1. The number of pyridine rings is 3. The normalized spacial score (nSPS) is 10.6. The molecule has 9 nitrogen and oxygen atoms in total. The molecule has 0 saturated heterocycles. The van der Waals surface area contributed by atoms with Crippen LogP contribution in [0.2, 0.25) is 0 Å². The molecule has 1 aliphatic rings. The van der Waals surface area contributed by atoms with Gasteiger partial charge in [-0.3, -0.25) is 14.4 Å². The molecule has 12 heteroatoms. The Morgan fingerprint density at radius 1 is 0.629 bits per heavy atom. The Balaban J connectivity index is 0.000000176. The molecule has 0 spiro atoms. The predicted molar refractivity (Wildman–Crippen MR) is 232 cm³/mol. The van der Waals surface area contributed by atoms with Gasteiger partial charge in [0, 0.05) is 68.8 Å². The maximum absolute atomic E-state index is 13.3. The van der Waals surface area contributed by atoms with E-state index in [4.69, 9.17) is 0 Å². The van der Waals surface area contributed by atoms with Crippen molar-refractivity contribution in [3.8, 4) is 35.5 Å². The van der Waals surface area contributed by atoms with Crippen molar-refractivity contribution in [2.24, 2.45) is 0 Å². The standard InChI is InChI=1S/C17H14F2N2O.C17H14N2O.C16H13FN2O/c18-12-16-6-3-5-14(20-16)4-1-2-7-17(22)21-15-10-8-13(19)9-11-15;20-17-16-10-2-1-7-14(16)13-19(17)12-6-4-9-15-8-3-5-11-18-15;17-14-9-2-3-10-15(14)19-16(20)11-4-1-7-13-8-5-6-12-18-13/h3,5-6,8-11H,2,7,12H2,(H,21,22);1-3,5,7-8,10-11H,6,12-13H2;2-3,5-6,8-10,12H,4,11H2,(H,19,20). The van der Waals surface area contributed by atoms with Gasteiger partial charge in [-0.25, -0.2) is 28.1 Å². The van der Waals surface area contributed by atoms with Crippen LogP contribution in [0.4, 0.5) is 24.5 Å². The number of para-hydroxylation sites is 1. The number of amides is 3. The molecular formula is C50H41F3N6O3. The van der Waals surface area contributed by atoms with Gasteiger partial charge in [0.1, 0.15) is 35.4 Å². The Morgan fingerprint density at radius 2 is 1.21 bits per heavy atom. The molecule has 0 fully saturated rings. The van der Waals surface area contributed by atoms with Crippen molar-refractivity contribution < 1.29 is 27.6 Å². The lowest BCUT2D eigenvalue weighted by molar-refractivity contribution is -0.116. The average Bonchev–Trinajstić information content (AvgIpc) is 3.62. The summed E-state index contributed by atoms with van der Waals surface area (Å²) in [5, 5.41) is 5.16. The number of benzene rings is 3. The Morgan fingerprint density at radius 3 is 1.84 bits per heavy atom. The largest absolute Gasteiger partial charge is 0.333 e. The highest BCUT2D eigenvalue weighted by molar-refractivity contribution is 5.98. The van der Waals surface area contributed by atoms with Gasteiger partial charge in [0.05, 0.1) is 11.4 Å². The molecule has 3 amide bonds. The molecule has 0 bridgehead atoms. The van der Waals surface area contributed by atoms with Crippen LogP contribution in [0.15, 0.2) is 140 Å². The monoisotopic (exact) mass is 830 g/mol. The number of alkyl halides is 1. The van der Waals surface area contributed by atoms with E-state index >= 15 is 0 Å². The number of carbonyl (C=O) groups is 3. The second-order valence-electron chi connectivity index (χ2n) is 13.2. The lowest BCUT2D eigenvalue weighted by Gasteiger charge is -2.12. The summed E-state index contributed by atoms with van der Waals surface area (Å²) in [6.45, 7) is 0.725. The van der Waals surface area contributed by atoms with Crippen LogP contribution in [0.1, 0.15) is 70.8 Å². The fourth-order valence-electron chi connectivity index (χ4n) is 5.53. The van der Waals surface area contributed by atoms with Gasteiger partial charge in [-0.15, -0.1) is 0 Å². The zero-order chi connectivity index (χ0) is 43.8. The van der Waals surface area contributed by atoms with Gasteiger partial charge in [0.2, 0.25) is 11.8 Å². The Labute approximate surface area is 358 Å². The fourth-order valence-corrected chi connectivity index (χ4v) is 5.53. The zero-order valence-electron chi connectivity index (χ0n) is 33.6. The highest BCUT2D eigenvalue weighted by Crippen LogP contribution is 2.22. The van der Waals surface area contributed by atoms with Crippen molar-refractivity contribution in [1.29, 1.82) is 0 Å². The van der Waals surface area contributed by atoms with E-state index in [0.717, 1.165) is 16.8 Å². The summed E-state index contributed by atoms with van der Waals surface area (Å²) < 4.78 is 38.5. The molecule has 310 valence electrons. The average molecular weight is 831 g/mol. The summed E-state index contributed by atoms with van der Waals surface area (Å²) in [7, 11) is 0. The van der Waals surface area contributed by atoms with Crippen LogP contribution >= 0.6 is 0 Å². The molecule has 6 aromatic rings. The summed E-state index contributed by atoms with van der Waals surface area (Å²) in [5.74, 6) is 16.3. The van der Waals surface area contributed by atoms with Crippen LogP contribution in [0.25, 0.3) is 0 Å². The molecule has 0 atom stereocenters. The Bertz CT molecular complexity index is 2610. The number of nitrogens with one attached hydrogen (secondary N) is 2. The number of hydrogen-bond acceptors (Lipinski definition) is 6. The minimum atomic E-state index is -0.629. The third-order valence-corrected chi connectivity index (χ3v) is 8.56. The van der Waals surface area contributed by atoms with Gasteiger partial charge >= 0.3 is 0 Å². The van der Waals surface area contributed by atoms with Crippen molar-refractivity contribution in [1.82, 2.24) is 19.9 Å². The topological polar surface area (TPSA) is 117 Å². The molecule has 3 aromatic heterocycles. The van der Waals surface area contributed by atoms with Gasteiger partial charge in [0.25, 0.3) is 5.91 Å². The smallest absolute Gasteiger partial charge is 0.254 e. The van der Waals surface area contributed by atoms with Crippen molar-refractivity contribution in [2.45, 2.75) is 45.3 Å². The number of aromatic nitrogens is 3. The first-order valence-corrected chi connectivity index (χ1v) is 19.5. The number of rotatable bonds is 9. The van der Waals surface area contributed by atoms with Crippen molar-refractivity contribution in [3.63, 3.8) is 0 Å². The molecular weight excluding hydrogens is 790 g/mol. The van der Waals surface area contributed by atoms with Gasteiger partial charge in [-0.1, -0.05) is 66.3 Å². The number of nitrogens with zero attached hydrogens (tertiary/aromatic N) is 4. The maximum Gasteiger partial charge on any atom is 0.254 e. The van der Waals surface area contributed by atoms with Gasteiger partial charge in [0.15, 0.2) is 0 Å². The van der Waals surface area contributed by atoms with E-state index in [-0.39, 0.29) is 42.1 Å². The van der Waals surface area contributed by atoms with E-state index in [1.165, 1.54) is 36.4 Å². The third-order valence-electron chi connectivity index (χ3n) is 8.56. The van der Waals surface area contributed by atoms with Crippen LogP contribution in [0.5, 0.6) is 0 Å². The van der Waals surface area contributed by atoms with Crippen LogP contribution in [0.3, 0.4) is 0 Å². The SMILES string of the molecule is O=C(CCC#Cc1cccc(CF)n1)Nc1ccc(F)cc1.O=C(CCC#Cc1ccccn1)Nc1ccccc1F.O=C1c2ccccc2CN1CCC#Cc1ccccn1. The number of hydrogen-bond donors (Lipinski definition) is 2. The van der Waals surface area contributed by atoms with Crippen molar-refractivity contribution in [2.75, 3.05) is 17.2 Å². The third kappa shape index (κ3) is 15.6. The van der Waals surface area contributed by atoms with Crippen molar-refractivity contribution >= 4 is 29.1 Å². The molecule has 4 heterocycles. The summed E-state index contributed by atoms with van der Waals surface area (Å²) in [4.78, 5) is 49.4. The molecule has 62 heavy (non-hydrogen) atoms. The van der Waals surface area contributed by atoms with E-state index in [1.54, 1.807) is 48.8 Å². The Hall–Kier alpha value is -8.01. The van der Waals surface area contributed by atoms with Crippen LogP contribution in [0, 0.1) is 47.2 Å². The summed E-state index contributed by atoms with van der Waals surface area (Å²) in [6, 6.07) is 35.4. The first kappa shape index (κ1) is 45.1. The highest BCUT2D eigenvalue weighted by Gasteiger charge is 2.25. The number of carbonyl (C=O) groups excluding carboxylic acids is 3. The first-order valence-electron chi connectivity index (χ1n) is 19.5. The van der Waals surface area contributed by atoms with E-state index in [2.05, 4.69) is 61.1 Å². The Kier molecular flexibility index (Phi) is 18.0. The molecule has 1 aliphatic heterocycles. The van der Waals surface area contributed by atoms with Gasteiger partial charge in [-0.05, 0) is 102 Å². The predicted octanol–water partition coefficient (Wildman–Crippen LogP) is 8.93. The summed E-state index contributed by atoms with van der Waals surface area (Å²) >= 11 is 0. The minimum Gasteiger partial charge on any atom is -0.333 e. The van der Waals surface area contributed by atoms with E-state index < -0.39 is 12.5 Å². The molecule has 0 unspecified atom stereocenters. The molecule has 0 aliphatic carbocycles. The lowest BCUT2D eigenvalue weighted by atomic mass is 10.1. The molecule has 3 aromatic carbocycles. The van der Waals surface area contributed by atoms with Crippen LogP contribution in [-0.2, 0) is 22.8 Å². The molecule has 0 saturated carbocycles. The molecule has 2 N–H and O–H groups in total. The van der Waals surface area contributed by atoms with Gasteiger partial charge < -0.3 is 15.5 Å². The number of fused-ring (bicyclic) bond motifs is 1. The quantitative estimate of drug-likeness (QED) is 0.141. The molecule has 7 rings (SSSR count).